The molecule has 2 N–H and O–H groups in total. The molecule has 0 saturated heterocycles. The van der Waals surface area contributed by atoms with E-state index in [9.17, 15) is 0 Å². The molecule has 0 aromatic carbocycles. The van der Waals surface area contributed by atoms with Crippen LogP contribution >= 0.6 is 11.6 Å². The molecule has 2 aromatic rings. The molecule has 0 radical (unpaired) electrons. The van der Waals surface area contributed by atoms with Crippen LogP contribution in [-0.4, -0.2) is 20.9 Å². The number of fused-ring (bicyclic) bond motifs is 1. The molecule has 4 nitrogen and oxygen atoms in total. The van der Waals surface area contributed by atoms with Gasteiger partial charge in [0.25, 0.3) is 0 Å². The topological polar surface area (TPSA) is 56.2 Å². The number of nitrogens with two attached hydrogens (primary N) is 1. The highest BCUT2D eigenvalue weighted by Gasteiger charge is 2.08. The van der Waals surface area contributed by atoms with Crippen molar-refractivity contribution >= 4 is 17.4 Å². The van der Waals surface area contributed by atoms with Gasteiger partial charge in [-0.3, -0.25) is 4.40 Å². The molecule has 2 rings (SSSR count). The second kappa shape index (κ2) is 3.32. The number of halogens is 1. The molecule has 0 fully saturated rings. The summed E-state index contributed by atoms with van der Waals surface area (Å²) in [5, 5.41) is 0.490. The van der Waals surface area contributed by atoms with Gasteiger partial charge in [-0.05, 0) is 12.6 Å². The van der Waals surface area contributed by atoms with Gasteiger partial charge < -0.3 is 5.73 Å². The summed E-state index contributed by atoms with van der Waals surface area (Å²) < 4.78 is 1.86. The molecule has 2 heterocycles. The standard InChI is InChI=1S/C8H9ClN4/c9-7-6(2-3-10)13-5-1-4-11-8(13)12-7/h1,4-5H,2-3,10H2. The summed E-state index contributed by atoms with van der Waals surface area (Å²) in [5.41, 5.74) is 6.38. The lowest BCUT2D eigenvalue weighted by atomic mass is 10.3. The van der Waals surface area contributed by atoms with Crippen molar-refractivity contribution in [3.8, 4) is 0 Å². The summed E-state index contributed by atoms with van der Waals surface area (Å²) in [6.45, 7) is 0.558. The van der Waals surface area contributed by atoms with E-state index in [4.69, 9.17) is 17.3 Å². The molecule has 0 atom stereocenters. The van der Waals surface area contributed by atoms with Crippen LogP contribution in [0.5, 0.6) is 0 Å². The minimum atomic E-state index is 0.490. The largest absolute Gasteiger partial charge is 0.330 e. The quantitative estimate of drug-likeness (QED) is 0.776. The maximum Gasteiger partial charge on any atom is 0.235 e. The fourth-order valence-electron chi connectivity index (χ4n) is 1.27. The van der Waals surface area contributed by atoms with E-state index in [2.05, 4.69) is 9.97 Å². The van der Waals surface area contributed by atoms with E-state index in [-0.39, 0.29) is 0 Å². The molecular weight excluding hydrogens is 188 g/mol. The van der Waals surface area contributed by atoms with Crippen molar-refractivity contribution in [2.45, 2.75) is 6.42 Å². The SMILES string of the molecule is NCCc1c(Cl)nc2ncccn12. The van der Waals surface area contributed by atoms with E-state index in [1.165, 1.54) is 0 Å². The second-order valence-corrected chi connectivity index (χ2v) is 3.04. The number of rotatable bonds is 2. The van der Waals surface area contributed by atoms with Gasteiger partial charge >= 0.3 is 0 Å². The van der Waals surface area contributed by atoms with Crippen LogP contribution in [0.15, 0.2) is 18.5 Å². The Morgan fingerprint density at radius 2 is 2.38 bits per heavy atom. The van der Waals surface area contributed by atoms with Gasteiger partial charge in [-0.1, -0.05) is 11.6 Å². The van der Waals surface area contributed by atoms with E-state index in [0.29, 0.717) is 23.9 Å². The van der Waals surface area contributed by atoms with E-state index in [0.717, 1.165) is 5.69 Å². The van der Waals surface area contributed by atoms with Crippen LogP contribution < -0.4 is 5.73 Å². The Bertz CT molecular complexity index is 423. The first-order valence-corrected chi connectivity index (χ1v) is 4.38. The number of nitrogens with zero attached hydrogens (tertiary/aromatic N) is 3. The normalized spacial score (nSPS) is 10.9. The first kappa shape index (κ1) is 8.47. The molecule has 0 spiro atoms. The third-order valence-corrected chi connectivity index (χ3v) is 2.14. The fourth-order valence-corrected chi connectivity index (χ4v) is 1.53. The van der Waals surface area contributed by atoms with Gasteiger partial charge in [0.2, 0.25) is 5.78 Å². The molecular formula is C8H9ClN4. The Morgan fingerprint density at radius 3 is 3.15 bits per heavy atom. The van der Waals surface area contributed by atoms with Gasteiger partial charge in [0.15, 0.2) is 5.15 Å². The summed E-state index contributed by atoms with van der Waals surface area (Å²) in [4.78, 5) is 8.16. The van der Waals surface area contributed by atoms with Crippen molar-refractivity contribution in [2.24, 2.45) is 5.73 Å². The van der Waals surface area contributed by atoms with Crippen molar-refractivity contribution in [3.63, 3.8) is 0 Å². The summed E-state index contributed by atoms with van der Waals surface area (Å²) >= 11 is 5.92. The van der Waals surface area contributed by atoms with Gasteiger partial charge in [0, 0.05) is 18.8 Å². The lowest BCUT2D eigenvalue weighted by Crippen LogP contribution is -2.05. The maximum absolute atomic E-state index is 5.92. The Balaban J connectivity index is 2.64. The van der Waals surface area contributed by atoms with Crippen LogP contribution in [0.4, 0.5) is 0 Å². The van der Waals surface area contributed by atoms with Crippen LogP contribution in [0.2, 0.25) is 5.15 Å². The zero-order chi connectivity index (χ0) is 9.26. The third-order valence-electron chi connectivity index (χ3n) is 1.83. The van der Waals surface area contributed by atoms with E-state index in [1.807, 2.05) is 16.7 Å². The highest BCUT2D eigenvalue weighted by Crippen LogP contribution is 2.15. The monoisotopic (exact) mass is 196 g/mol. The molecule has 0 bridgehead atoms. The van der Waals surface area contributed by atoms with Crippen LogP contribution in [-0.2, 0) is 6.42 Å². The highest BCUT2D eigenvalue weighted by atomic mass is 35.5. The number of aromatic nitrogens is 3. The molecule has 0 aliphatic rings. The first-order chi connectivity index (χ1) is 6.33. The molecule has 5 heteroatoms. The van der Waals surface area contributed by atoms with Crippen molar-refractivity contribution in [1.29, 1.82) is 0 Å². The molecule has 0 aliphatic heterocycles. The minimum Gasteiger partial charge on any atom is -0.330 e. The van der Waals surface area contributed by atoms with E-state index in [1.54, 1.807) is 6.20 Å². The highest BCUT2D eigenvalue weighted by molar-refractivity contribution is 6.30. The zero-order valence-corrected chi connectivity index (χ0v) is 7.70. The van der Waals surface area contributed by atoms with Crippen LogP contribution in [0.1, 0.15) is 5.69 Å². The molecule has 0 aliphatic carbocycles. The molecule has 0 saturated carbocycles. The van der Waals surface area contributed by atoms with Gasteiger partial charge in [-0.2, -0.15) is 4.98 Å². The lowest BCUT2D eigenvalue weighted by molar-refractivity contribution is 0.899. The average Bonchev–Trinajstić information content (AvgIpc) is 2.44. The summed E-state index contributed by atoms with van der Waals surface area (Å²) in [6, 6.07) is 1.84. The fraction of sp³-hybridized carbons (Fsp3) is 0.250. The number of hydrogen-bond donors (Lipinski definition) is 1. The number of hydrogen-bond acceptors (Lipinski definition) is 3. The molecule has 68 valence electrons. The molecule has 2 aromatic heterocycles. The molecule has 0 unspecified atom stereocenters. The zero-order valence-electron chi connectivity index (χ0n) is 6.94. The van der Waals surface area contributed by atoms with Crippen LogP contribution in [0.25, 0.3) is 5.78 Å². The Morgan fingerprint density at radius 1 is 1.54 bits per heavy atom. The van der Waals surface area contributed by atoms with Crippen molar-refractivity contribution in [1.82, 2.24) is 14.4 Å². The summed E-state index contributed by atoms with van der Waals surface area (Å²) in [6.07, 6.45) is 4.28. The van der Waals surface area contributed by atoms with Crippen molar-refractivity contribution in [2.75, 3.05) is 6.54 Å². The van der Waals surface area contributed by atoms with Crippen molar-refractivity contribution < 1.29 is 0 Å². The lowest BCUT2D eigenvalue weighted by Gasteiger charge is -1.97. The third kappa shape index (κ3) is 1.38. The minimum absolute atomic E-state index is 0.490. The first-order valence-electron chi connectivity index (χ1n) is 4.00. The van der Waals surface area contributed by atoms with Crippen LogP contribution in [0.3, 0.4) is 0 Å². The Hall–Kier alpha value is -1.13. The van der Waals surface area contributed by atoms with Gasteiger partial charge in [-0.15, -0.1) is 0 Å². The Labute approximate surface area is 80.4 Å². The number of imidazole rings is 1. The van der Waals surface area contributed by atoms with Gasteiger partial charge in [0.1, 0.15) is 0 Å². The maximum atomic E-state index is 5.92. The van der Waals surface area contributed by atoms with Gasteiger partial charge in [-0.25, -0.2) is 4.98 Å². The average molecular weight is 197 g/mol. The second-order valence-electron chi connectivity index (χ2n) is 2.68. The summed E-state index contributed by atoms with van der Waals surface area (Å²) in [7, 11) is 0. The molecule has 0 amide bonds. The van der Waals surface area contributed by atoms with Gasteiger partial charge in [0.05, 0.1) is 5.69 Å². The van der Waals surface area contributed by atoms with Crippen LogP contribution in [0, 0.1) is 0 Å². The Kier molecular flexibility index (Phi) is 2.16. The van der Waals surface area contributed by atoms with Crippen molar-refractivity contribution in [3.05, 3.63) is 29.3 Å². The predicted molar refractivity (Wildman–Crippen MR) is 50.8 cm³/mol. The smallest absolute Gasteiger partial charge is 0.235 e. The van der Waals surface area contributed by atoms with E-state index >= 15 is 0 Å². The summed E-state index contributed by atoms with van der Waals surface area (Å²) in [5.74, 6) is 0.621. The molecule has 13 heavy (non-hydrogen) atoms. The van der Waals surface area contributed by atoms with E-state index < -0.39 is 0 Å². The predicted octanol–water partition coefficient (Wildman–Crippen LogP) is 0.884.